The molecule has 1 aromatic carbocycles. The van der Waals surface area contributed by atoms with Crippen LogP contribution in [-0.2, 0) is 20.7 Å². The zero-order valence-electron chi connectivity index (χ0n) is 13.7. The molecule has 24 heavy (non-hydrogen) atoms. The highest BCUT2D eigenvalue weighted by Crippen LogP contribution is 2.40. The van der Waals surface area contributed by atoms with Gasteiger partial charge in [-0.15, -0.1) is 0 Å². The Bertz CT molecular complexity index is 672. The number of morpholine rings is 1. The first kappa shape index (κ1) is 15.3. The number of amides is 2. The van der Waals surface area contributed by atoms with Crippen LogP contribution in [0.25, 0.3) is 0 Å². The van der Waals surface area contributed by atoms with Crippen LogP contribution in [0.3, 0.4) is 0 Å². The molecule has 2 amide bonds. The molecule has 1 N–H and O–H groups in total. The van der Waals surface area contributed by atoms with Crippen molar-refractivity contribution in [3.05, 3.63) is 23.8 Å². The van der Waals surface area contributed by atoms with Gasteiger partial charge in [-0.2, -0.15) is 0 Å². The molecule has 3 heterocycles. The highest BCUT2D eigenvalue weighted by molar-refractivity contribution is 5.94. The van der Waals surface area contributed by atoms with Gasteiger partial charge in [0.2, 0.25) is 5.91 Å². The molecule has 0 unspecified atom stereocenters. The average molecular weight is 331 g/mol. The second-order valence-electron chi connectivity index (χ2n) is 6.41. The highest BCUT2D eigenvalue weighted by atomic mass is 16.6. The molecule has 0 bridgehead atoms. The highest BCUT2D eigenvalue weighted by Gasteiger charge is 2.47. The fraction of sp³-hybridized carbons (Fsp3) is 0.529. The number of hydrogen-bond donors (Lipinski definition) is 1. The molecule has 2 atom stereocenters. The third-order valence-corrected chi connectivity index (χ3v) is 4.89. The number of anilines is 2. The number of ether oxygens (including phenoxy) is 2. The molecule has 4 rings (SSSR count). The molecule has 128 valence electrons. The van der Waals surface area contributed by atoms with Gasteiger partial charge in [0, 0.05) is 25.7 Å². The van der Waals surface area contributed by atoms with Crippen LogP contribution in [0.4, 0.5) is 16.2 Å². The van der Waals surface area contributed by atoms with Gasteiger partial charge in [0.15, 0.2) is 0 Å². The maximum Gasteiger partial charge on any atom is 0.415 e. The third kappa shape index (κ3) is 2.58. The van der Waals surface area contributed by atoms with Crippen LogP contribution in [0.2, 0.25) is 0 Å². The molecular formula is C17H21N3O4. The summed E-state index contributed by atoms with van der Waals surface area (Å²) >= 11 is 0. The van der Waals surface area contributed by atoms with E-state index in [9.17, 15) is 9.59 Å². The van der Waals surface area contributed by atoms with Crippen molar-refractivity contribution in [2.45, 2.75) is 25.5 Å². The Labute approximate surface area is 140 Å². The molecular weight excluding hydrogens is 310 g/mol. The molecule has 3 aliphatic heterocycles. The number of rotatable bonds is 3. The lowest BCUT2D eigenvalue weighted by molar-refractivity contribution is -0.119. The van der Waals surface area contributed by atoms with Crippen molar-refractivity contribution in [2.24, 2.45) is 0 Å². The van der Waals surface area contributed by atoms with Crippen molar-refractivity contribution in [1.82, 2.24) is 5.32 Å². The molecule has 1 aromatic rings. The Morgan fingerprint density at radius 3 is 2.88 bits per heavy atom. The van der Waals surface area contributed by atoms with Gasteiger partial charge in [0.05, 0.1) is 31.5 Å². The van der Waals surface area contributed by atoms with Crippen LogP contribution in [-0.4, -0.2) is 57.0 Å². The number of nitrogens with one attached hydrogen (secondary N) is 1. The van der Waals surface area contributed by atoms with E-state index in [2.05, 4.69) is 22.3 Å². The summed E-state index contributed by atoms with van der Waals surface area (Å²) < 4.78 is 10.8. The minimum absolute atomic E-state index is 0.0423. The standard InChI is InChI=1S/C17H21N3O4/c1-11(21)18-10-16-15-9-12-8-13(19-4-6-23-7-5-19)2-3-14(12)20(15)17(22)24-16/h2-3,8,15-16H,4-7,9-10H2,1H3,(H,18,21)/t15-,16-/m0/s1. The number of carbonyl (C=O) groups excluding carboxylic acids is 2. The molecule has 0 saturated carbocycles. The van der Waals surface area contributed by atoms with E-state index in [4.69, 9.17) is 9.47 Å². The maximum absolute atomic E-state index is 12.2. The molecule has 0 radical (unpaired) electrons. The first-order valence-electron chi connectivity index (χ1n) is 8.33. The molecule has 0 spiro atoms. The second-order valence-corrected chi connectivity index (χ2v) is 6.41. The normalized spacial score (nSPS) is 25.3. The van der Waals surface area contributed by atoms with Crippen LogP contribution < -0.4 is 15.1 Å². The number of carbonyl (C=O) groups is 2. The van der Waals surface area contributed by atoms with Crippen LogP contribution in [0.15, 0.2) is 18.2 Å². The average Bonchev–Trinajstić information content (AvgIpc) is 3.11. The lowest BCUT2D eigenvalue weighted by atomic mass is 10.0. The van der Waals surface area contributed by atoms with Crippen LogP contribution >= 0.6 is 0 Å². The van der Waals surface area contributed by atoms with Crippen LogP contribution in [0.1, 0.15) is 12.5 Å². The van der Waals surface area contributed by atoms with Gasteiger partial charge in [-0.3, -0.25) is 9.69 Å². The predicted molar refractivity (Wildman–Crippen MR) is 88.4 cm³/mol. The largest absolute Gasteiger partial charge is 0.442 e. The van der Waals surface area contributed by atoms with Crippen molar-refractivity contribution < 1.29 is 19.1 Å². The van der Waals surface area contributed by atoms with Gasteiger partial charge >= 0.3 is 6.09 Å². The van der Waals surface area contributed by atoms with Gasteiger partial charge < -0.3 is 19.7 Å². The molecule has 7 heteroatoms. The summed E-state index contributed by atoms with van der Waals surface area (Å²) in [6.45, 7) is 5.09. The van der Waals surface area contributed by atoms with Crippen molar-refractivity contribution in [1.29, 1.82) is 0 Å². The maximum atomic E-state index is 12.2. The summed E-state index contributed by atoms with van der Waals surface area (Å²) in [5.74, 6) is -0.116. The minimum Gasteiger partial charge on any atom is -0.442 e. The lowest BCUT2D eigenvalue weighted by Gasteiger charge is -2.29. The van der Waals surface area contributed by atoms with Crippen molar-refractivity contribution in [3.63, 3.8) is 0 Å². The van der Waals surface area contributed by atoms with E-state index >= 15 is 0 Å². The Hall–Kier alpha value is -2.28. The van der Waals surface area contributed by atoms with E-state index in [1.165, 1.54) is 12.6 Å². The molecule has 2 fully saturated rings. The second kappa shape index (κ2) is 5.98. The van der Waals surface area contributed by atoms with E-state index in [1.807, 2.05) is 6.07 Å². The van der Waals surface area contributed by atoms with E-state index < -0.39 is 0 Å². The van der Waals surface area contributed by atoms with Crippen molar-refractivity contribution in [3.8, 4) is 0 Å². The van der Waals surface area contributed by atoms with Gasteiger partial charge in [0.25, 0.3) is 0 Å². The fourth-order valence-corrected chi connectivity index (χ4v) is 3.70. The van der Waals surface area contributed by atoms with Crippen molar-refractivity contribution >= 4 is 23.4 Å². The van der Waals surface area contributed by atoms with Crippen molar-refractivity contribution in [2.75, 3.05) is 42.6 Å². The van der Waals surface area contributed by atoms with Crippen LogP contribution in [0.5, 0.6) is 0 Å². The summed E-state index contributed by atoms with van der Waals surface area (Å²) in [6.07, 6.45) is 0.123. The molecule has 0 aromatic heterocycles. The molecule has 0 aliphatic carbocycles. The predicted octanol–water partition coefficient (Wildman–Crippen LogP) is 0.909. The first-order valence-corrected chi connectivity index (χ1v) is 8.33. The van der Waals surface area contributed by atoms with Gasteiger partial charge in [0.1, 0.15) is 6.10 Å². The fourth-order valence-electron chi connectivity index (χ4n) is 3.70. The molecule has 7 nitrogen and oxygen atoms in total. The molecule has 2 saturated heterocycles. The smallest absolute Gasteiger partial charge is 0.415 e. The topological polar surface area (TPSA) is 71.1 Å². The Kier molecular flexibility index (Phi) is 3.80. The van der Waals surface area contributed by atoms with Crippen LogP contribution in [0, 0.1) is 0 Å². The van der Waals surface area contributed by atoms with E-state index in [0.717, 1.165) is 44.0 Å². The summed E-state index contributed by atoms with van der Waals surface area (Å²) in [4.78, 5) is 27.4. The quantitative estimate of drug-likeness (QED) is 0.891. The van der Waals surface area contributed by atoms with E-state index in [1.54, 1.807) is 4.90 Å². The minimum atomic E-state index is -0.326. The van der Waals surface area contributed by atoms with Gasteiger partial charge in [-0.1, -0.05) is 0 Å². The summed E-state index contributed by atoms with van der Waals surface area (Å²) in [6, 6.07) is 6.18. The Balaban J connectivity index is 1.54. The summed E-state index contributed by atoms with van der Waals surface area (Å²) in [5, 5.41) is 2.75. The summed E-state index contributed by atoms with van der Waals surface area (Å²) in [5.41, 5.74) is 3.26. The SMILES string of the molecule is CC(=O)NC[C@@H]1OC(=O)N2c3ccc(N4CCOCC4)cc3C[C@@H]12. The first-order chi connectivity index (χ1) is 11.6. The number of cyclic esters (lactones) is 1. The number of fused-ring (bicyclic) bond motifs is 3. The molecule has 3 aliphatic rings. The van der Waals surface area contributed by atoms with E-state index in [0.29, 0.717) is 6.54 Å². The Morgan fingerprint density at radius 1 is 1.33 bits per heavy atom. The zero-order chi connectivity index (χ0) is 16.7. The van der Waals surface area contributed by atoms with E-state index in [-0.39, 0.29) is 24.1 Å². The Morgan fingerprint density at radius 2 is 2.12 bits per heavy atom. The van der Waals surface area contributed by atoms with Gasteiger partial charge in [-0.25, -0.2) is 4.79 Å². The lowest BCUT2D eigenvalue weighted by Crippen LogP contribution is -2.40. The van der Waals surface area contributed by atoms with Gasteiger partial charge in [-0.05, 0) is 30.2 Å². The summed E-state index contributed by atoms with van der Waals surface area (Å²) in [7, 11) is 0. The monoisotopic (exact) mass is 331 g/mol. The number of nitrogens with zero attached hydrogens (tertiary/aromatic N) is 2. The number of benzene rings is 1. The third-order valence-electron chi connectivity index (χ3n) is 4.89. The number of hydrogen-bond acceptors (Lipinski definition) is 5. The zero-order valence-corrected chi connectivity index (χ0v) is 13.7.